The first-order valence-electron chi connectivity index (χ1n) is 11.0. The van der Waals surface area contributed by atoms with Crippen LogP contribution in [0, 0.1) is 0 Å². The molecule has 0 saturated carbocycles. The average Bonchev–Trinajstić information content (AvgIpc) is 3.22. The van der Waals surface area contributed by atoms with E-state index in [0.717, 1.165) is 16.1 Å². The summed E-state index contributed by atoms with van der Waals surface area (Å²) in [6, 6.07) is 10.7. The third-order valence-electron chi connectivity index (χ3n) is 5.26. The Morgan fingerprint density at radius 2 is 1.71 bits per heavy atom. The van der Waals surface area contributed by atoms with E-state index in [1.165, 1.54) is 11.0 Å². The topological polar surface area (TPSA) is 105 Å². The number of fused-ring (bicyclic) bond motifs is 1. The molecule has 190 valence electrons. The Labute approximate surface area is 211 Å². The summed E-state index contributed by atoms with van der Waals surface area (Å²) in [6.07, 6.45) is 1.02. The van der Waals surface area contributed by atoms with Crippen LogP contribution in [0.1, 0.15) is 33.3 Å². The minimum atomic E-state index is -3.85. The predicted octanol–water partition coefficient (Wildman–Crippen LogP) is 3.17. The number of nitrogens with one attached hydrogen (secondary N) is 1. The largest absolute Gasteiger partial charge is 0.454 e. The molecule has 0 saturated heterocycles. The number of carbonyl (C=O) groups is 2. The van der Waals surface area contributed by atoms with E-state index in [1.54, 1.807) is 43.3 Å². The van der Waals surface area contributed by atoms with Gasteiger partial charge in [-0.3, -0.25) is 13.9 Å². The van der Waals surface area contributed by atoms with Crippen LogP contribution in [0.2, 0.25) is 5.02 Å². The molecule has 0 unspecified atom stereocenters. The molecular formula is C24H30ClN3O6S. The highest BCUT2D eigenvalue weighted by Crippen LogP contribution is 2.36. The molecule has 0 radical (unpaired) electrons. The van der Waals surface area contributed by atoms with Crippen molar-refractivity contribution in [1.29, 1.82) is 0 Å². The lowest BCUT2D eigenvalue weighted by Crippen LogP contribution is -2.54. The fourth-order valence-corrected chi connectivity index (χ4v) is 4.46. The predicted molar refractivity (Wildman–Crippen MR) is 134 cm³/mol. The average molecular weight is 524 g/mol. The molecule has 1 aliphatic rings. The molecule has 3 rings (SSSR count). The first-order valence-corrected chi connectivity index (χ1v) is 13.2. The minimum absolute atomic E-state index is 0.0336. The van der Waals surface area contributed by atoms with Gasteiger partial charge in [-0.15, -0.1) is 0 Å². The second kappa shape index (κ2) is 10.3. The summed E-state index contributed by atoms with van der Waals surface area (Å²) in [6.45, 7) is 6.76. The quantitative estimate of drug-likeness (QED) is 0.570. The van der Waals surface area contributed by atoms with Crippen LogP contribution in [0.4, 0.5) is 5.69 Å². The Kier molecular flexibility index (Phi) is 7.86. The zero-order chi connectivity index (χ0) is 26.0. The monoisotopic (exact) mass is 523 g/mol. The third-order valence-corrected chi connectivity index (χ3v) is 6.65. The van der Waals surface area contributed by atoms with Crippen LogP contribution < -0.4 is 19.1 Å². The summed E-state index contributed by atoms with van der Waals surface area (Å²) in [5, 5.41) is 3.41. The zero-order valence-corrected chi connectivity index (χ0v) is 21.9. The molecule has 35 heavy (non-hydrogen) atoms. The maximum absolute atomic E-state index is 13.5. The standard InChI is InChI=1S/C24H30ClN3O6S/c1-16(23(30)26-24(2,3)4)27(13-17-6-8-18(25)9-7-17)22(29)14-28(35(5,31)32)19-10-11-20-21(12-19)34-15-33-20/h6-12,16H,13-15H2,1-5H3,(H,26,30)/t16-/m1/s1. The van der Waals surface area contributed by atoms with Gasteiger partial charge in [-0.25, -0.2) is 8.42 Å². The number of ether oxygens (including phenoxy) is 2. The Hall–Kier alpha value is -2.98. The number of hydrogen-bond donors (Lipinski definition) is 1. The van der Waals surface area contributed by atoms with Crippen molar-refractivity contribution >= 4 is 39.1 Å². The molecule has 0 aliphatic carbocycles. The fraction of sp³-hybridized carbons (Fsp3) is 0.417. The summed E-state index contributed by atoms with van der Waals surface area (Å²) < 4.78 is 37.0. The number of rotatable bonds is 8. The van der Waals surface area contributed by atoms with Gasteiger partial charge in [0.25, 0.3) is 0 Å². The van der Waals surface area contributed by atoms with Crippen molar-refractivity contribution < 1.29 is 27.5 Å². The number of benzene rings is 2. The lowest BCUT2D eigenvalue weighted by molar-refractivity contribution is -0.140. The number of sulfonamides is 1. The second-order valence-corrected chi connectivity index (χ2v) is 11.7. The number of nitrogens with zero attached hydrogens (tertiary/aromatic N) is 2. The highest BCUT2D eigenvalue weighted by molar-refractivity contribution is 7.92. The number of anilines is 1. The van der Waals surface area contributed by atoms with Gasteiger partial charge >= 0.3 is 0 Å². The van der Waals surface area contributed by atoms with E-state index in [1.807, 2.05) is 20.8 Å². The Morgan fingerprint density at radius 3 is 2.31 bits per heavy atom. The molecule has 1 heterocycles. The van der Waals surface area contributed by atoms with Crippen LogP contribution >= 0.6 is 11.6 Å². The lowest BCUT2D eigenvalue weighted by Gasteiger charge is -2.33. The van der Waals surface area contributed by atoms with Crippen molar-refractivity contribution in [1.82, 2.24) is 10.2 Å². The van der Waals surface area contributed by atoms with Gasteiger partial charge in [-0.1, -0.05) is 23.7 Å². The van der Waals surface area contributed by atoms with Gasteiger partial charge < -0.3 is 19.7 Å². The molecule has 9 nitrogen and oxygen atoms in total. The van der Waals surface area contributed by atoms with Crippen LogP contribution in [0.3, 0.4) is 0 Å². The molecule has 0 aromatic heterocycles. The third kappa shape index (κ3) is 7.02. The van der Waals surface area contributed by atoms with Crippen molar-refractivity contribution in [2.45, 2.75) is 45.8 Å². The van der Waals surface area contributed by atoms with Crippen LogP contribution in [0.5, 0.6) is 11.5 Å². The summed E-state index contributed by atoms with van der Waals surface area (Å²) in [5.41, 5.74) is 0.487. The number of hydrogen-bond acceptors (Lipinski definition) is 6. The van der Waals surface area contributed by atoms with Crippen LogP contribution in [0.25, 0.3) is 0 Å². The molecule has 2 aromatic rings. The van der Waals surface area contributed by atoms with Crippen molar-refractivity contribution in [2.75, 3.05) is 23.9 Å². The van der Waals surface area contributed by atoms with E-state index in [2.05, 4.69) is 5.32 Å². The van der Waals surface area contributed by atoms with Crippen molar-refractivity contribution in [2.24, 2.45) is 0 Å². The summed E-state index contributed by atoms with van der Waals surface area (Å²) in [4.78, 5) is 27.8. The first-order chi connectivity index (χ1) is 16.2. The summed E-state index contributed by atoms with van der Waals surface area (Å²) >= 11 is 5.99. The summed E-state index contributed by atoms with van der Waals surface area (Å²) in [7, 11) is -3.85. The highest BCUT2D eigenvalue weighted by atomic mass is 35.5. The van der Waals surface area contributed by atoms with E-state index in [4.69, 9.17) is 21.1 Å². The maximum Gasteiger partial charge on any atom is 0.244 e. The Bertz CT molecular complexity index is 1190. The van der Waals surface area contributed by atoms with Gasteiger partial charge in [0.1, 0.15) is 12.6 Å². The molecular weight excluding hydrogens is 494 g/mol. The van der Waals surface area contributed by atoms with Gasteiger partial charge in [-0.05, 0) is 57.5 Å². The van der Waals surface area contributed by atoms with E-state index in [9.17, 15) is 18.0 Å². The molecule has 2 amide bonds. The van der Waals surface area contributed by atoms with Crippen LogP contribution in [-0.4, -0.2) is 56.3 Å². The van der Waals surface area contributed by atoms with Crippen LogP contribution in [-0.2, 0) is 26.2 Å². The van der Waals surface area contributed by atoms with Crippen LogP contribution in [0.15, 0.2) is 42.5 Å². The normalized spacial score (nSPS) is 13.8. The van der Waals surface area contributed by atoms with Gasteiger partial charge in [0.2, 0.25) is 28.6 Å². The fourth-order valence-electron chi connectivity index (χ4n) is 3.50. The number of carbonyl (C=O) groups excluding carboxylic acids is 2. The first kappa shape index (κ1) is 26.6. The molecule has 0 fully saturated rings. The molecule has 11 heteroatoms. The molecule has 1 N–H and O–H groups in total. The molecule has 1 atom stereocenters. The van der Waals surface area contributed by atoms with Gasteiger partial charge in [0.15, 0.2) is 11.5 Å². The minimum Gasteiger partial charge on any atom is -0.454 e. The zero-order valence-electron chi connectivity index (χ0n) is 20.4. The number of halogens is 1. The lowest BCUT2D eigenvalue weighted by atomic mass is 10.1. The Balaban J connectivity index is 1.91. The van der Waals surface area contributed by atoms with E-state index < -0.39 is 34.1 Å². The van der Waals surface area contributed by atoms with E-state index in [-0.39, 0.29) is 24.9 Å². The maximum atomic E-state index is 13.5. The van der Waals surface area contributed by atoms with Gasteiger partial charge in [-0.2, -0.15) is 0 Å². The molecule has 2 aromatic carbocycles. The smallest absolute Gasteiger partial charge is 0.244 e. The van der Waals surface area contributed by atoms with Crippen molar-refractivity contribution in [3.05, 3.63) is 53.1 Å². The molecule has 0 bridgehead atoms. The van der Waals surface area contributed by atoms with Gasteiger partial charge in [0, 0.05) is 23.2 Å². The second-order valence-electron chi connectivity index (χ2n) is 9.37. The van der Waals surface area contributed by atoms with E-state index >= 15 is 0 Å². The van der Waals surface area contributed by atoms with E-state index in [0.29, 0.717) is 16.5 Å². The molecule has 1 aliphatic heterocycles. The van der Waals surface area contributed by atoms with Gasteiger partial charge in [0.05, 0.1) is 11.9 Å². The molecule has 0 spiro atoms. The van der Waals surface area contributed by atoms with Crippen molar-refractivity contribution in [3.8, 4) is 11.5 Å². The Morgan fingerprint density at radius 1 is 1.09 bits per heavy atom. The number of amides is 2. The SMILES string of the molecule is C[C@H](C(=O)NC(C)(C)C)N(Cc1ccc(Cl)cc1)C(=O)CN(c1ccc2c(c1)OCO2)S(C)(=O)=O. The van der Waals surface area contributed by atoms with Crippen molar-refractivity contribution in [3.63, 3.8) is 0 Å². The highest BCUT2D eigenvalue weighted by Gasteiger charge is 2.32. The summed E-state index contributed by atoms with van der Waals surface area (Å²) in [5.74, 6) is -0.0155.